The molecule has 1 fully saturated rings. The number of hydrogen-bond donors (Lipinski definition) is 0. The Kier molecular flexibility index (Phi) is 1.89. The quantitative estimate of drug-likeness (QED) is 0.636. The third kappa shape index (κ3) is 1.25. The van der Waals surface area contributed by atoms with Crippen LogP contribution in [0, 0.1) is 6.92 Å². The molecule has 1 saturated heterocycles. The highest BCUT2D eigenvalue weighted by atomic mass is 16.5. The molecule has 0 amide bonds. The largest absolute Gasteiger partial charge is 0.361 e. The molecular formula is C9H14N2O. The first-order valence-corrected chi connectivity index (χ1v) is 4.41. The Morgan fingerprint density at radius 2 is 2.50 bits per heavy atom. The Hall–Kier alpha value is -0.830. The molecule has 66 valence electrons. The van der Waals surface area contributed by atoms with Gasteiger partial charge in [-0.25, -0.2) is 0 Å². The molecule has 0 unspecified atom stereocenters. The van der Waals surface area contributed by atoms with E-state index in [4.69, 9.17) is 4.52 Å². The van der Waals surface area contributed by atoms with E-state index in [9.17, 15) is 0 Å². The van der Waals surface area contributed by atoms with Gasteiger partial charge in [0.05, 0.1) is 6.04 Å². The number of hydrogen-bond acceptors (Lipinski definition) is 3. The summed E-state index contributed by atoms with van der Waals surface area (Å²) in [5, 5.41) is 4.03. The SMILES string of the molecule is Cc1cc([C@@H]2CCCN2C)no1. The number of aromatic nitrogens is 1. The van der Waals surface area contributed by atoms with Crippen molar-refractivity contribution >= 4 is 0 Å². The molecule has 12 heavy (non-hydrogen) atoms. The fourth-order valence-electron chi connectivity index (χ4n) is 1.83. The summed E-state index contributed by atoms with van der Waals surface area (Å²) in [6, 6.07) is 2.52. The van der Waals surface area contributed by atoms with Crippen molar-refractivity contribution in [1.29, 1.82) is 0 Å². The Labute approximate surface area is 72.3 Å². The summed E-state index contributed by atoms with van der Waals surface area (Å²) in [4.78, 5) is 2.33. The lowest BCUT2D eigenvalue weighted by Crippen LogP contribution is -2.17. The van der Waals surface area contributed by atoms with E-state index in [1.54, 1.807) is 0 Å². The predicted octanol–water partition coefficient (Wildman–Crippen LogP) is 1.75. The fourth-order valence-corrected chi connectivity index (χ4v) is 1.83. The smallest absolute Gasteiger partial charge is 0.133 e. The van der Waals surface area contributed by atoms with Gasteiger partial charge in [-0.1, -0.05) is 5.16 Å². The average Bonchev–Trinajstić information content (AvgIpc) is 2.58. The molecule has 2 rings (SSSR count). The average molecular weight is 166 g/mol. The van der Waals surface area contributed by atoms with Gasteiger partial charge in [0.15, 0.2) is 0 Å². The summed E-state index contributed by atoms with van der Waals surface area (Å²) >= 11 is 0. The first-order chi connectivity index (χ1) is 5.77. The van der Waals surface area contributed by atoms with Gasteiger partial charge >= 0.3 is 0 Å². The van der Waals surface area contributed by atoms with Crippen molar-refractivity contribution in [2.45, 2.75) is 25.8 Å². The maximum atomic E-state index is 5.05. The maximum absolute atomic E-state index is 5.05. The number of nitrogens with zero attached hydrogens (tertiary/aromatic N) is 2. The van der Waals surface area contributed by atoms with Gasteiger partial charge in [0, 0.05) is 6.07 Å². The van der Waals surface area contributed by atoms with Gasteiger partial charge in [0.2, 0.25) is 0 Å². The van der Waals surface area contributed by atoms with E-state index in [-0.39, 0.29) is 0 Å². The first-order valence-electron chi connectivity index (χ1n) is 4.41. The molecule has 0 radical (unpaired) electrons. The lowest BCUT2D eigenvalue weighted by Gasteiger charge is -2.15. The summed E-state index contributed by atoms with van der Waals surface area (Å²) in [7, 11) is 2.14. The van der Waals surface area contributed by atoms with Crippen molar-refractivity contribution in [1.82, 2.24) is 10.1 Å². The number of rotatable bonds is 1. The van der Waals surface area contributed by atoms with Crippen molar-refractivity contribution < 1.29 is 4.52 Å². The molecule has 1 aliphatic rings. The molecule has 1 aromatic heterocycles. The molecule has 0 bridgehead atoms. The molecule has 0 spiro atoms. The molecule has 3 nitrogen and oxygen atoms in total. The van der Waals surface area contributed by atoms with Gasteiger partial charge in [-0.15, -0.1) is 0 Å². The molecule has 1 aromatic rings. The Morgan fingerprint density at radius 1 is 1.67 bits per heavy atom. The molecular weight excluding hydrogens is 152 g/mol. The van der Waals surface area contributed by atoms with Crippen LogP contribution in [0.1, 0.15) is 30.3 Å². The minimum Gasteiger partial charge on any atom is -0.361 e. The number of likely N-dealkylation sites (tertiary alicyclic amines) is 1. The second-order valence-electron chi connectivity index (χ2n) is 3.50. The Bertz CT molecular complexity index is 269. The summed E-state index contributed by atoms with van der Waals surface area (Å²) < 4.78 is 5.05. The molecule has 0 saturated carbocycles. The van der Waals surface area contributed by atoms with Crippen LogP contribution in [-0.4, -0.2) is 23.6 Å². The van der Waals surface area contributed by atoms with Crippen molar-refractivity contribution in [2.24, 2.45) is 0 Å². The van der Waals surface area contributed by atoms with Gasteiger partial charge in [0.25, 0.3) is 0 Å². The Morgan fingerprint density at radius 3 is 3.00 bits per heavy atom. The van der Waals surface area contributed by atoms with Crippen LogP contribution in [-0.2, 0) is 0 Å². The minimum absolute atomic E-state index is 0.488. The van der Waals surface area contributed by atoms with Gasteiger partial charge in [0.1, 0.15) is 11.5 Å². The van der Waals surface area contributed by atoms with E-state index in [0.717, 1.165) is 11.5 Å². The topological polar surface area (TPSA) is 29.3 Å². The second-order valence-corrected chi connectivity index (χ2v) is 3.50. The van der Waals surface area contributed by atoms with E-state index in [1.165, 1.54) is 19.4 Å². The third-order valence-electron chi connectivity index (χ3n) is 2.51. The van der Waals surface area contributed by atoms with Crippen molar-refractivity contribution in [2.75, 3.05) is 13.6 Å². The highest BCUT2D eigenvalue weighted by Crippen LogP contribution is 2.29. The lowest BCUT2D eigenvalue weighted by molar-refractivity contribution is 0.295. The van der Waals surface area contributed by atoms with Crippen LogP contribution in [0.4, 0.5) is 0 Å². The molecule has 2 heterocycles. The normalized spacial score (nSPS) is 25.0. The Balaban J connectivity index is 2.19. The van der Waals surface area contributed by atoms with Crippen LogP contribution in [0.15, 0.2) is 10.6 Å². The van der Waals surface area contributed by atoms with Gasteiger partial charge < -0.3 is 4.52 Å². The van der Waals surface area contributed by atoms with Gasteiger partial charge in [-0.05, 0) is 33.4 Å². The second kappa shape index (κ2) is 2.90. The highest BCUT2D eigenvalue weighted by Gasteiger charge is 2.24. The van der Waals surface area contributed by atoms with Crippen LogP contribution in [0.5, 0.6) is 0 Å². The zero-order valence-corrected chi connectivity index (χ0v) is 7.58. The number of aryl methyl sites for hydroxylation is 1. The van der Waals surface area contributed by atoms with Gasteiger partial charge in [-0.2, -0.15) is 0 Å². The van der Waals surface area contributed by atoms with E-state index in [2.05, 4.69) is 17.1 Å². The zero-order chi connectivity index (χ0) is 8.55. The fraction of sp³-hybridized carbons (Fsp3) is 0.667. The highest BCUT2D eigenvalue weighted by molar-refractivity contribution is 5.10. The van der Waals surface area contributed by atoms with Crippen molar-refractivity contribution in [3.63, 3.8) is 0 Å². The summed E-state index contributed by atoms with van der Waals surface area (Å²) in [6.45, 7) is 3.11. The van der Waals surface area contributed by atoms with Crippen LogP contribution in [0.25, 0.3) is 0 Å². The first kappa shape index (κ1) is 7.80. The van der Waals surface area contributed by atoms with Crippen molar-refractivity contribution in [3.8, 4) is 0 Å². The molecule has 1 aliphatic heterocycles. The van der Waals surface area contributed by atoms with E-state index >= 15 is 0 Å². The molecule has 0 N–H and O–H groups in total. The maximum Gasteiger partial charge on any atom is 0.133 e. The predicted molar refractivity (Wildman–Crippen MR) is 45.8 cm³/mol. The molecule has 1 atom stereocenters. The molecule has 0 aliphatic carbocycles. The van der Waals surface area contributed by atoms with Crippen molar-refractivity contribution in [3.05, 3.63) is 17.5 Å². The van der Waals surface area contributed by atoms with Crippen LogP contribution >= 0.6 is 0 Å². The van der Waals surface area contributed by atoms with Crippen LogP contribution in [0.3, 0.4) is 0 Å². The van der Waals surface area contributed by atoms with E-state index < -0.39 is 0 Å². The zero-order valence-electron chi connectivity index (χ0n) is 7.58. The van der Waals surface area contributed by atoms with E-state index in [1.807, 2.05) is 13.0 Å². The standard InChI is InChI=1S/C9H14N2O/c1-7-6-8(10-12-7)9-4-3-5-11(9)2/h6,9H,3-5H2,1-2H3/t9-/m0/s1. The van der Waals surface area contributed by atoms with Crippen LogP contribution < -0.4 is 0 Å². The summed E-state index contributed by atoms with van der Waals surface area (Å²) in [5.41, 5.74) is 1.09. The van der Waals surface area contributed by atoms with E-state index in [0.29, 0.717) is 6.04 Å². The molecule has 3 heteroatoms. The monoisotopic (exact) mass is 166 g/mol. The third-order valence-corrected chi connectivity index (χ3v) is 2.51. The van der Waals surface area contributed by atoms with Gasteiger partial charge in [-0.3, -0.25) is 4.90 Å². The summed E-state index contributed by atoms with van der Waals surface area (Å²) in [6.07, 6.45) is 2.48. The summed E-state index contributed by atoms with van der Waals surface area (Å²) in [5.74, 6) is 0.908. The minimum atomic E-state index is 0.488. The molecule has 0 aromatic carbocycles. The lowest BCUT2D eigenvalue weighted by atomic mass is 10.1. The van der Waals surface area contributed by atoms with Crippen LogP contribution in [0.2, 0.25) is 0 Å².